The van der Waals surface area contributed by atoms with Crippen molar-refractivity contribution in [1.82, 2.24) is 9.97 Å². The largest absolute Gasteiger partial charge is 0.424 e. The molecule has 36 heavy (non-hydrogen) atoms. The number of nitrogens with two attached hydrogens (primary N) is 1. The van der Waals surface area contributed by atoms with E-state index in [9.17, 15) is 9.19 Å². The first-order valence-corrected chi connectivity index (χ1v) is 14.0. The van der Waals surface area contributed by atoms with Crippen molar-refractivity contribution in [1.29, 1.82) is 0 Å². The maximum absolute atomic E-state index is 13.2. The van der Waals surface area contributed by atoms with Crippen LogP contribution in [0.1, 0.15) is 32.4 Å². The smallest absolute Gasteiger partial charge is 0.258 e. The van der Waals surface area contributed by atoms with Crippen LogP contribution in [0.2, 0.25) is 5.04 Å². The lowest BCUT2D eigenvalue weighted by atomic mass is 10.0. The van der Waals surface area contributed by atoms with Gasteiger partial charge in [0.25, 0.3) is 8.32 Å². The fourth-order valence-corrected chi connectivity index (χ4v) is 8.42. The molecular weight excluding hydrogens is 469 g/mol. The third kappa shape index (κ3) is 5.62. The highest BCUT2D eigenvalue weighted by Crippen LogP contribution is 2.40. The Labute approximate surface area is 212 Å². The number of aromatic nitrogens is 2. The van der Waals surface area contributed by atoms with Gasteiger partial charge in [-0.15, -0.1) is 0 Å². The summed E-state index contributed by atoms with van der Waals surface area (Å²) in [7, 11) is -3.06. The Morgan fingerprint density at radius 3 is 2.03 bits per heavy atom. The lowest BCUT2D eigenvalue weighted by molar-refractivity contribution is 0.456. The van der Waals surface area contributed by atoms with Crippen molar-refractivity contribution in [2.45, 2.75) is 38.1 Å². The molecule has 5 N–H and O–H groups in total. The monoisotopic (exact) mass is 501 g/mol. The molecule has 0 atom stereocenters. The van der Waals surface area contributed by atoms with Crippen molar-refractivity contribution in [3.8, 4) is 0 Å². The summed E-state index contributed by atoms with van der Waals surface area (Å²) in [6, 6.07) is 28.0. The predicted molar refractivity (Wildman–Crippen MR) is 147 cm³/mol. The molecule has 0 aliphatic rings. The Hall–Kier alpha value is -3.59. The van der Waals surface area contributed by atoms with E-state index in [2.05, 4.69) is 34.6 Å². The van der Waals surface area contributed by atoms with E-state index in [1.165, 1.54) is 12.1 Å². The summed E-state index contributed by atoms with van der Waals surface area (Å²) in [5.41, 5.74) is 4.06. The number of anilines is 3. The van der Waals surface area contributed by atoms with Crippen LogP contribution in [0.15, 0.2) is 91.0 Å². The number of rotatable bonds is 10. The average Bonchev–Trinajstić information content (AvgIpc) is 2.90. The van der Waals surface area contributed by atoms with E-state index in [0.29, 0.717) is 23.9 Å². The third-order valence-electron chi connectivity index (χ3n) is 6.62. The van der Waals surface area contributed by atoms with Gasteiger partial charge in [-0.2, -0.15) is 4.98 Å². The van der Waals surface area contributed by atoms with Crippen LogP contribution >= 0.6 is 0 Å². The van der Waals surface area contributed by atoms with Gasteiger partial charge in [-0.25, -0.2) is 15.2 Å². The molecule has 0 fully saturated rings. The number of benzene rings is 3. The van der Waals surface area contributed by atoms with Gasteiger partial charge < -0.3 is 10.1 Å². The minimum Gasteiger partial charge on any atom is -0.424 e. The number of aryl methyl sites for hydroxylation is 1. The molecule has 3 aromatic carbocycles. The first-order chi connectivity index (χ1) is 17.3. The van der Waals surface area contributed by atoms with Crippen LogP contribution < -0.4 is 27.0 Å². The second-order valence-corrected chi connectivity index (χ2v) is 13.5. The summed E-state index contributed by atoms with van der Waals surface area (Å²) >= 11 is 0. The fraction of sp³-hybridized carbons (Fsp3) is 0.214. The molecule has 0 saturated carbocycles. The average molecular weight is 502 g/mol. The van der Waals surface area contributed by atoms with Gasteiger partial charge in [0.1, 0.15) is 11.6 Å². The zero-order valence-electron chi connectivity index (χ0n) is 20.6. The van der Waals surface area contributed by atoms with Gasteiger partial charge in [0.15, 0.2) is 0 Å². The minimum absolute atomic E-state index is 0.301. The Morgan fingerprint density at radius 1 is 0.889 bits per heavy atom. The lowest BCUT2D eigenvalue weighted by Gasteiger charge is -2.41. The summed E-state index contributed by atoms with van der Waals surface area (Å²) in [6.45, 7) is 4.32. The van der Waals surface area contributed by atoms with E-state index in [1.807, 2.05) is 66.7 Å². The van der Waals surface area contributed by atoms with Crippen molar-refractivity contribution < 1.29 is 9.19 Å². The molecule has 6 nitrogen and oxygen atoms in total. The van der Waals surface area contributed by atoms with Crippen LogP contribution in [0.25, 0.3) is 0 Å². The molecule has 1 aromatic heterocycles. The summed E-state index contributed by atoms with van der Waals surface area (Å²) in [5.74, 6) is 6.17. The maximum atomic E-state index is 13.2. The normalized spacial score (nSPS) is 11.8. The molecule has 186 valence electrons. The van der Waals surface area contributed by atoms with Crippen LogP contribution in [0, 0.1) is 5.82 Å². The van der Waals surface area contributed by atoms with E-state index in [-0.39, 0.29) is 10.9 Å². The number of nitrogen functional groups attached to an aromatic ring is 1. The molecule has 0 radical (unpaired) electrons. The highest BCUT2D eigenvalue weighted by atomic mass is 28.4. The van der Waals surface area contributed by atoms with Gasteiger partial charge >= 0.3 is 0 Å². The highest BCUT2D eigenvalue weighted by molar-refractivity contribution is 6.98. The Bertz CT molecular complexity index is 1230. The van der Waals surface area contributed by atoms with Gasteiger partial charge in [-0.05, 0) is 58.9 Å². The van der Waals surface area contributed by atoms with Crippen molar-refractivity contribution in [3.05, 3.63) is 103 Å². The van der Waals surface area contributed by atoms with Crippen molar-refractivity contribution in [2.75, 3.05) is 10.7 Å². The summed E-state index contributed by atoms with van der Waals surface area (Å²) in [5, 5.41) is 4.84. The zero-order chi connectivity index (χ0) is 25.6. The summed E-state index contributed by atoms with van der Waals surface area (Å²) < 4.78 is 13.2. The molecule has 8 heteroatoms. The van der Waals surface area contributed by atoms with Gasteiger partial charge in [0.2, 0.25) is 5.95 Å². The fourth-order valence-electron chi connectivity index (χ4n) is 4.63. The van der Waals surface area contributed by atoms with Gasteiger partial charge in [-0.3, -0.25) is 5.43 Å². The quantitative estimate of drug-likeness (QED) is 0.145. The van der Waals surface area contributed by atoms with E-state index in [1.54, 1.807) is 12.1 Å². The molecule has 4 aromatic rings. The molecule has 0 saturated heterocycles. The van der Waals surface area contributed by atoms with Gasteiger partial charge in [0.05, 0.1) is 0 Å². The Balaban J connectivity index is 1.53. The summed E-state index contributed by atoms with van der Waals surface area (Å²) in [4.78, 5) is 21.2. The van der Waals surface area contributed by atoms with Gasteiger partial charge in [0, 0.05) is 17.4 Å². The van der Waals surface area contributed by atoms with Crippen LogP contribution in [-0.2, 0) is 6.42 Å². The molecular formula is C28H32FN5OSi. The first kappa shape index (κ1) is 25.5. The number of hydrogen-bond donors (Lipinski definition) is 4. The molecule has 1 heterocycles. The van der Waals surface area contributed by atoms with Crippen molar-refractivity contribution in [3.63, 3.8) is 0 Å². The first-order valence-electron chi connectivity index (χ1n) is 12.0. The zero-order valence-corrected chi connectivity index (χ0v) is 21.6. The number of nitrogens with zero attached hydrogens (tertiary/aromatic N) is 2. The maximum Gasteiger partial charge on any atom is 0.258 e. The van der Waals surface area contributed by atoms with Crippen molar-refractivity contribution in [2.24, 2.45) is 5.84 Å². The minimum atomic E-state index is -3.06. The topological polar surface area (TPSA) is 96.1 Å². The number of halogens is 1. The molecule has 0 bridgehead atoms. The van der Waals surface area contributed by atoms with Gasteiger partial charge in [-0.1, -0.05) is 74.5 Å². The predicted octanol–water partition coefficient (Wildman–Crippen LogP) is 4.50. The SMILES string of the molecule is CC(C)(CCCc1cc(Nc2ccc(F)cc2)nc(NN)n1)[Si](O)(c1ccccc1)c1ccccc1. The number of hydrazine groups is 1. The molecule has 0 aliphatic carbocycles. The van der Waals surface area contributed by atoms with E-state index in [0.717, 1.165) is 28.9 Å². The molecule has 0 spiro atoms. The summed E-state index contributed by atoms with van der Waals surface area (Å²) in [6.07, 6.45) is 2.31. The standard InChI is InChI=1S/C28H32FN5OSi/c1-28(2,36(35,24-11-5-3-6-12-24)25-13-7-4-8-14-25)19-9-10-23-20-26(33-27(32-23)34-30)31-22-17-15-21(29)16-18-22/h3-8,11-18,20,35H,9-10,19,30H2,1-2H3,(H2,31,32,33,34). The second kappa shape index (κ2) is 11.0. The van der Waals surface area contributed by atoms with Crippen LogP contribution in [0.5, 0.6) is 0 Å². The third-order valence-corrected chi connectivity index (χ3v) is 11.2. The van der Waals surface area contributed by atoms with E-state index in [4.69, 9.17) is 5.84 Å². The van der Waals surface area contributed by atoms with Crippen molar-refractivity contribution >= 4 is 36.1 Å². The van der Waals surface area contributed by atoms with Crippen LogP contribution in [0.3, 0.4) is 0 Å². The number of hydrogen-bond acceptors (Lipinski definition) is 6. The molecule has 0 aliphatic heterocycles. The van der Waals surface area contributed by atoms with E-state index < -0.39 is 8.32 Å². The molecule has 4 rings (SSSR count). The van der Waals surface area contributed by atoms with Crippen LogP contribution in [0.4, 0.5) is 21.8 Å². The van der Waals surface area contributed by atoms with E-state index >= 15 is 0 Å². The van der Waals surface area contributed by atoms with Crippen LogP contribution in [-0.4, -0.2) is 23.1 Å². The Morgan fingerprint density at radius 2 is 1.47 bits per heavy atom. The highest BCUT2D eigenvalue weighted by Gasteiger charge is 2.49. The Kier molecular flexibility index (Phi) is 7.78. The lowest BCUT2D eigenvalue weighted by Crippen LogP contribution is -2.65. The molecule has 0 amide bonds. The second-order valence-electron chi connectivity index (χ2n) is 9.52. The molecule has 0 unspecified atom stereocenters. The number of nitrogens with one attached hydrogen (secondary N) is 2.